The summed E-state index contributed by atoms with van der Waals surface area (Å²) in [6.45, 7) is 6.42. The monoisotopic (exact) mass is 427 g/mol. The van der Waals surface area contributed by atoms with Crippen molar-refractivity contribution in [3.8, 4) is 0 Å². The van der Waals surface area contributed by atoms with E-state index in [2.05, 4.69) is 10.6 Å². The van der Waals surface area contributed by atoms with Gasteiger partial charge in [0.15, 0.2) is 6.61 Å². The van der Waals surface area contributed by atoms with Crippen molar-refractivity contribution in [2.45, 2.75) is 33.7 Å². The smallest absolute Gasteiger partial charge is 0.329 e. The molecule has 2 amide bonds. The first-order valence-electron chi connectivity index (χ1n) is 9.67. The Hall–Kier alpha value is -3.75. The van der Waals surface area contributed by atoms with Crippen molar-refractivity contribution in [3.63, 3.8) is 0 Å². The summed E-state index contributed by atoms with van der Waals surface area (Å²) in [7, 11) is 0. The van der Waals surface area contributed by atoms with Gasteiger partial charge in [0.05, 0.1) is 4.92 Å². The van der Waals surface area contributed by atoms with Gasteiger partial charge in [-0.15, -0.1) is 0 Å². The Bertz CT molecular complexity index is 1000. The molecule has 0 fully saturated rings. The van der Waals surface area contributed by atoms with Gasteiger partial charge >= 0.3 is 5.97 Å². The number of aryl methyl sites for hydroxylation is 2. The lowest BCUT2D eigenvalue weighted by atomic mass is 10.0. The molecule has 164 valence electrons. The van der Waals surface area contributed by atoms with Crippen molar-refractivity contribution in [3.05, 3.63) is 69.3 Å². The highest BCUT2D eigenvalue weighted by Crippen LogP contribution is 2.21. The van der Waals surface area contributed by atoms with E-state index in [1.54, 1.807) is 39.0 Å². The number of benzene rings is 2. The molecule has 0 spiro atoms. The molecule has 2 aromatic carbocycles. The van der Waals surface area contributed by atoms with Gasteiger partial charge in [0.25, 0.3) is 17.5 Å². The summed E-state index contributed by atoms with van der Waals surface area (Å²) in [6, 6.07) is 10.0. The fourth-order valence-corrected chi connectivity index (χ4v) is 2.82. The van der Waals surface area contributed by atoms with Gasteiger partial charge in [0, 0.05) is 23.4 Å². The average molecular weight is 427 g/mol. The zero-order chi connectivity index (χ0) is 23.1. The van der Waals surface area contributed by atoms with E-state index in [9.17, 15) is 24.5 Å². The van der Waals surface area contributed by atoms with Crippen molar-refractivity contribution >= 4 is 29.2 Å². The van der Waals surface area contributed by atoms with E-state index < -0.39 is 35.4 Å². The molecule has 0 saturated heterocycles. The van der Waals surface area contributed by atoms with Crippen LogP contribution in [0.3, 0.4) is 0 Å². The number of esters is 1. The number of non-ortho nitro benzene ring substituents is 1. The summed E-state index contributed by atoms with van der Waals surface area (Å²) in [5.41, 5.74) is 2.12. The maximum Gasteiger partial charge on any atom is 0.329 e. The Labute approximate surface area is 179 Å². The van der Waals surface area contributed by atoms with E-state index in [-0.39, 0.29) is 11.6 Å². The van der Waals surface area contributed by atoms with Crippen LogP contribution in [0.4, 0.5) is 11.4 Å². The second-order valence-corrected chi connectivity index (χ2v) is 7.48. The first-order chi connectivity index (χ1) is 14.6. The van der Waals surface area contributed by atoms with E-state index in [1.165, 1.54) is 18.2 Å². The lowest BCUT2D eigenvalue weighted by Crippen LogP contribution is -2.46. The van der Waals surface area contributed by atoms with Gasteiger partial charge in [-0.2, -0.15) is 0 Å². The molecule has 2 rings (SSSR count). The number of carbonyl (C=O) groups is 3. The van der Waals surface area contributed by atoms with Crippen LogP contribution in [0.25, 0.3) is 0 Å². The molecule has 1 atom stereocenters. The zero-order valence-electron chi connectivity index (χ0n) is 17.8. The van der Waals surface area contributed by atoms with Gasteiger partial charge in [-0.25, -0.2) is 4.79 Å². The van der Waals surface area contributed by atoms with E-state index in [4.69, 9.17) is 4.74 Å². The van der Waals surface area contributed by atoms with E-state index in [1.807, 2.05) is 13.0 Å². The Kier molecular flexibility index (Phi) is 7.84. The van der Waals surface area contributed by atoms with Crippen LogP contribution in [-0.4, -0.2) is 35.4 Å². The number of ether oxygens (including phenoxy) is 1. The molecular weight excluding hydrogens is 402 g/mol. The fraction of sp³-hybridized carbons (Fsp3) is 0.318. The minimum atomic E-state index is -0.929. The first kappa shape index (κ1) is 23.5. The SMILES string of the molecule is Cc1cccc(C(=O)N[C@H](C(=O)OCC(=O)Nc2ccc([N+](=O)[O-])cc2C)C(C)C)c1. The Morgan fingerprint density at radius 1 is 1.10 bits per heavy atom. The van der Waals surface area contributed by atoms with Crippen LogP contribution in [0.1, 0.15) is 35.3 Å². The largest absolute Gasteiger partial charge is 0.454 e. The van der Waals surface area contributed by atoms with Gasteiger partial charge < -0.3 is 15.4 Å². The summed E-state index contributed by atoms with van der Waals surface area (Å²) >= 11 is 0. The number of rotatable bonds is 8. The molecule has 0 bridgehead atoms. The number of anilines is 1. The number of nitrogens with one attached hydrogen (secondary N) is 2. The summed E-state index contributed by atoms with van der Waals surface area (Å²) in [6.07, 6.45) is 0. The topological polar surface area (TPSA) is 128 Å². The molecule has 9 heteroatoms. The molecule has 0 heterocycles. The minimum absolute atomic E-state index is 0.0916. The Morgan fingerprint density at radius 2 is 1.81 bits per heavy atom. The van der Waals surface area contributed by atoms with Crippen LogP contribution in [0.15, 0.2) is 42.5 Å². The molecule has 2 aromatic rings. The number of amides is 2. The molecule has 0 aromatic heterocycles. The molecule has 2 N–H and O–H groups in total. The van der Waals surface area contributed by atoms with Gasteiger partial charge in [0.1, 0.15) is 6.04 Å². The molecule has 0 saturated carbocycles. The molecule has 0 aliphatic heterocycles. The quantitative estimate of drug-likeness (QED) is 0.378. The zero-order valence-corrected chi connectivity index (χ0v) is 17.8. The predicted octanol–water partition coefficient (Wildman–Crippen LogP) is 3.15. The molecule has 0 unspecified atom stereocenters. The molecule has 0 aliphatic rings. The van der Waals surface area contributed by atoms with E-state index >= 15 is 0 Å². The number of nitro benzene ring substituents is 1. The normalized spacial score (nSPS) is 11.5. The number of hydrogen-bond donors (Lipinski definition) is 2. The number of carbonyl (C=O) groups excluding carboxylic acids is 3. The van der Waals surface area contributed by atoms with Crippen molar-refractivity contribution in [1.82, 2.24) is 5.32 Å². The molecule has 31 heavy (non-hydrogen) atoms. The Balaban J connectivity index is 1.96. The second-order valence-electron chi connectivity index (χ2n) is 7.48. The van der Waals surface area contributed by atoms with Crippen LogP contribution in [-0.2, 0) is 14.3 Å². The summed E-state index contributed by atoms with van der Waals surface area (Å²) in [4.78, 5) is 47.4. The third kappa shape index (κ3) is 6.63. The summed E-state index contributed by atoms with van der Waals surface area (Å²) in [5, 5.41) is 16.0. The molecule has 9 nitrogen and oxygen atoms in total. The van der Waals surface area contributed by atoms with Crippen LogP contribution in [0.2, 0.25) is 0 Å². The summed E-state index contributed by atoms with van der Waals surface area (Å²) in [5.74, 6) is -2.00. The lowest BCUT2D eigenvalue weighted by Gasteiger charge is -2.21. The maximum absolute atomic E-state index is 12.5. The molecular formula is C22H25N3O6. The van der Waals surface area contributed by atoms with Gasteiger partial charge in [-0.05, 0) is 43.5 Å². The van der Waals surface area contributed by atoms with Crippen molar-refractivity contribution in [1.29, 1.82) is 0 Å². The predicted molar refractivity (Wildman–Crippen MR) is 115 cm³/mol. The lowest BCUT2D eigenvalue weighted by molar-refractivity contribution is -0.384. The van der Waals surface area contributed by atoms with E-state index in [0.717, 1.165) is 5.56 Å². The van der Waals surface area contributed by atoms with Crippen LogP contribution in [0.5, 0.6) is 0 Å². The minimum Gasteiger partial charge on any atom is -0.454 e. The molecule has 0 aliphatic carbocycles. The summed E-state index contributed by atoms with van der Waals surface area (Å²) < 4.78 is 5.09. The number of hydrogen-bond acceptors (Lipinski definition) is 6. The highest BCUT2D eigenvalue weighted by atomic mass is 16.6. The van der Waals surface area contributed by atoms with Crippen molar-refractivity contribution in [2.24, 2.45) is 5.92 Å². The van der Waals surface area contributed by atoms with Crippen LogP contribution < -0.4 is 10.6 Å². The third-order valence-corrected chi connectivity index (χ3v) is 4.53. The number of nitro groups is 1. The van der Waals surface area contributed by atoms with Gasteiger partial charge in [0.2, 0.25) is 0 Å². The van der Waals surface area contributed by atoms with Crippen molar-refractivity contribution in [2.75, 3.05) is 11.9 Å². The molecule has 0 radical (unpaired) electrons. The first-order valence-corrected chi connectivity index (χ1v) is 9.67. The van der Waals surface area contributed by atoms with Gasteiger partial charge in [-0.1, -0.05) is 31.5 Å². The van der Waals surface area contributed by atoms with Crippen LogP contribution in [0, 0.1) is 29.9 Å². The Morgan fingerprint density at radius 3 is 2.39 bits per heavy atom. The standard InChI is InChI=1S/C22H25N3O6/c1-13(2)20(24-21(27)16-7-5-6-14(3)10-16)22(28)31-12-19(26)23-18-9-8-17(25(29)30)11-15(18)4/h5-11,13,20H,12H2,1-4H3,(H,23,26)(H,24,27)/t20-/m0/s1. The highest BCUT2D eigenvalue weighted by Gasteiger charge is 2.27. The van der Waals surface area contributed by atoms with Crippen molar-refractivity contribution < 1.29 is 24.0 Å². The van der Waals surface area contributed by atoms with Crippen LogP contribution >= 0.6 is 0 Å². The fourth-order valence-electron chi connectivity index (χ4n) is 2.82. The number of nitrogens with zero attached hydrogens (tertiary/aromatic N) is 1. The highest BCUT2D eigenvalue weighted by molar-refractivity contribution is 5.98. The average Bonchev–Trinajstić information content (AvgIpc) is 2.71. The van der Waals surface area contributed by atoms with E-state index in [0.29, 0.717) is 16.8 Å². The second kappa shape index (κ2) is 10.3. The third-order valence-electron chi connectivity index (χ3n) is 4.53. The van der Waals surface area contributed by atoms with Gasteiger partial charge in [-0.3, -0.25) is 19.7 Å². The maximum atomic E-state index is 12.5.